The number of carbonyl (C=O) groups is 3. The lowest BCUT2D eigenvalue weighted by atomic mass is 10.1. The molecule has 0 fully saturated rings. The molecule has 3 N–H and O–H groups in total. The van der Waals surface area contributed by atoms with E-state index in [9.17, 15) is 14.4 Å². The highest BCUT2D eigenvalue weighted by molar-refractivity contribution is 6.11. The van der Waals surface area contributed by atoms with E-state index in [0.717, 1.165) is 0 Å². The zero-order valence-electron chi connectivity index (χ0n) is 15.4. The summed E-state index contributed by atoms with van der Waals surface area (Å²) in [6.45, 7) is 0. The summed E-state index contributed by atoms with van der Waals surface area (Å²) in [5.41, 5.74) is 1.98. The third kappa shape index (κ3) is 3.95. The Labute approximate surface area is 165 Å². The largest absolute Gasteiger partial charge is 0.340 e. The van der Waals surface area contributed by atoms with Crippen LogP contribution >= 0.6 is 0 Å². The molecule has 10 nitrogen and oxygen atoms in total. The maximum atomic E-state index is 12.5. The molecule has 0 aliphatic carbocycles. The van der Waals surface area contributed by atoms with E-state index in [-0.39, 0.29) is 6.42 Å². The van der Waals surface area contributed by atoms with Crippen molar-refractivity contribution in [3.63, 3.8) is 0 Å². The van der Waals surface area contributed by atoms with Gasteiger partial charge in [0.05, 0.1) is 24.7 Å². The number of tetrazole rings is 1. The van der Waals surface area contributed by atoms with Crippen molar-refractivity contribution in [3.05, 3.63) is 54.1 Å². The number of anilines is 2. The average Bonchev–Trinajstić information content (AvgIpc) is 3.09. The van der Waals surface area contributed by atoms with Gasteiger partial charge in [-0.15, -0.1) is 10.2 Å². The molecule has 0 saturated heterocycles. The van der Waals surface area contributed by atoms with Crippen LogP contribution in [0.25, 0.3) is 11.4 Å². The van der Waals surface area contributed by atoms with Gasteiger partial charge in [0.25, 0.3) is 5.91 Å². The van der Waals surface area contributed by atoms with E-state index >= 15 is 0 Å². The van der Waals surface area contributed by atoms with Gasteiger partial charge in [0, 0.05) is 11.3 Å². The predicted octanol–water partition coefficient (Wildman–Crippen LogP) is 0.956. The molecule has 1 aliphatic heterocycles. The zero-order valence-corrected chi connectivity index (χ0v) is 15.4. The van der Waals surface area contributed by atoms with Crippen LogP contribution in [0.5, 0.6) is 0 Å². The molecule has 29 heavy (non-hydrogen) atoms. The predicted molar refractivity (Wildman–Crippen MR) is 104 cm³/mol. The van der Waals surface area contributed by atoms with Crippen LogP contribution < -0.4 is 16.0 Å². The van der Waals surface area contributed by atoms with Crippen LogP contribution in [0.3, 0.4) is 0 Å². The summed E-state index contributed by atoms with van der Waals surface area (Å²) in [4.78, 5) is 38.6. The Bertz CT molecular complexity index is 1110. The summed E-state index contributed by atoms with van der Waals surface area (Å²) in [7, 11) is 1.66. The first-order valence-electron chi connectivity index (χ1n) is 8.84. The summed E-state index contributed by atoms with van der Waals surface area (Å²) in [5.74, 6) is -0.846. The fourth-order valence-electron chi connectivity index (χ4n) is 2.99. The third-order valence-electron chi connectivity index (χ3n) is 4.35. The highest BCUT2D eigenvalue weighted by atomic mass is 16.2. The normalized spacial score (nSPS) is 15.7. The number of amides is 3. The van der Waals surface area contributed by atoms with Gasteiger partial charge in [-0.1, -0.05) is 24.3 Å². The Morgan fingerprint density at radius 3 is 2.79 bits per heavy atom. The van der Waals surface area contributed by atoms with Crippen molar-refractivity contribution in [2.75, 3.05) is 10.6 Å². The number of benzene rings is 2. The fourth-order valence-corrected chi connectivity index (χ4v) is 2.99. The second-order valence-electron chi connectivity index (χ2n) is 6.50. The maximum Gasteiger partial charge on any atom is 0.254 e. The molecule has 4 rings (SSSR count). The fraction of sp³-hybridized carbons (Fsp3) is 0.158. The first kappa shape index (κ1) is 18.3. The van der Waals surface area contributed by atoms with E-state index in [2.05, 4.69) is 31.4 Å². The standard InChI is InChI=1S/C19H17N7O3/c1-26-24-17(23-25-26)11-5-4-6-12(9-11)20-16(27)10-15-19(29)21-14-8-3-2-7-13(14)18(28)22-15/h2-9,15H,10H2,1H3,(H,20,27)(H,21,29)(H,22,28). The molecule has 0 saturated carbocycles. The molecular weight excluding hydrogens is 374 g/mol. The minimum atomic E-state index is -0.986. The van der Waals surface area contributed by atoms with Gasteiger partial charge in [0.15, 0.2) is 0 Å². The van der Waals surface area contributed by atoms with Crippen molar-refractivity contribution in [2.24, 2.45) is 7.05 Å². The second-order valence-corrected chi connectivity index (χ2v) is 6.50. The first-order chi connectivity index (χ1) is 14.0. The molecule has 0 radical (unpaired) electrons. The highest BCUT2D eigenvalue weighted by Gasteiger charge is 2.29. The van der Waals surface area contributed by atoms with E-state index < -0.39 is 23.8 Å². The number of aryl methyl sites for hydroxylation is 1. The van der Waals surface area contributed by atoms with Crippen molar-refractivity contribution in [3.8, 4) is 11.4 Å². The van der Waals surface area contributed by atoms with Crippen LogP contribution in [0.4, 0.5) is 11.4 Å². The second kappa shape index (κ2) is 7.50. The van der Waals surface area contributed by atoms with E-state index in [1.807, 2.05) is 0 Å². The molecule has 146 valence electrons. The quantitative estimate of drug-likeness (QED) is 0.607. The van der Waals surface area contributed by atoms with Gasteiger partial charge < -0.3 is 16.0 Å². The highest BCUT2D eigenvalue weighted by Crippen LogP contribution is 2.20. The van der Waals surface area contributed by atoms with E-state index in [0.29, 0.717) is 28.3 Å². The Morgan fingerprint density at radius 1 is 1.17 bits per heavy atom. The van der Waals surface area contributed by atoms with Gasteiger partial charge in [-0.3, -0.25) is 14.4 Å². The molecule has 1 aliphatic rings. The molecule has 1 unspecified atom stereocenters. The number of fused-ring (bicyclic) bond motifs is 1. The average molecular weight is 391 g/mol. The molecule has 10 heteroatoms. The van der Waals surface area contributed by atoms with E-state index in [1.165, 1.54) is 4.80 Å². The summed E-state index contributed by atoms with van der Waals surface area (Å²) < 4.78 is 0. The van der Waals surface area contributed by atoms with Crippen molar-refractivity contribution < 1.29 is 14.4 Å². The van der Waals surface area contributed by atoms with E-state index in [4.69, 9.17) is 0 Å². The summed E-state index contributed by atoms with van der Waals surface area (Å²) in [6, 6.07) is 12.6. The first-order valence-corrected chi connectivity index (χ1v) is 8.84. The number of hydrogen-bond donors (Lipinski definition) is 3. The third-order valence-corrected chi connectivity index (χ3v) is 4.35. The Morgan fingerprint density at radius 2 is 2.00 bits per heavy atom. The molecule has 2 heterocycles. The Balaban J connectivity index is 1.45. The molecule has 3 aromatic rings. The van der Waals surface area contributed by atoms with Gasteiger partial charge in [-0.05, 0) is 29.5 Å². The number of para-hydroxylation sites is 1. The van der Waals surface area contributed by atoms with Crippen LogP contribution in [0, 0.1) is 0 Å². The van der Waals surface area contributed by atoms with Crippen LogP contribution in [-0.4, -0.2) is 44.0 Å². The summed E-state index contributed by atoms with van der Waals surface area (Å²) in [6.07, 6.45) is -0.209. The van der Waals surface area contributed by atoms with Gasteiger partial charge >= 0.3 is 0 Å². The maximum absolute atomic E-state index is 12.5. The molecule has 2 aromatic carbocycles. The SMILES string of the molecule is Cn1nnc(-c2cccc(NC(=O)CC3NC(=O)c4ccccc4NC3=O)c2)n1. The van der Waals surface area contributed by atoms with Crippen LogP contribution in [0.1, 0.15) is 16.8 Å². The molecule has 0 spiro atoms. The van der Waals surface area contributed by atoms with Crippen molar-refractivity contribution in [1.82, 2.24) is 25.5 Å². The number of nitrogens with zero attached hydrogens (tertiary/aromatic N) is 4. The van der Waals surface area contributed by atoms with Crippen LogP contribution in [-0.2, 0) is 16.6 Å². The molecule has 1 atom stereocenters. The van der Waals surface area contributed by atoms with Gasteiger partial charge in [0.2, 0.25) is 17.6 Å². The number of nitrogens with one attached hydrogen (secondary N) is 3. The summed E-state index contributed by atoms with van der Waals surface area (Å²) >= 11 is 0. The minimum absolute atomic E-state index is 0.209. The lowest BCUT2D eigenvalue weighted by molar-refractivity contribution is -0.122. The topological polar surface area (TPSA) is 131 Å². The smallest absolute Gasteiger partial charge is 0.254 e. The van der Waals surface area contributed by atoms with Crippen molar-refractivity contribution in [1.29, 1.82) is 0 Å². The van der Waals surface area contributed by atoms with Crippen LogP contribution in [0.2, 0.25) is 0 Å². The molecular formula is C19H17N7O3. The molecule has 1 aromatic heterocycles. The number of rotatable bonds is 4. The minimum Gasteiger partial charge on any atom is -0.340 e. The van der Waals surface area contributed by atoms with Gasteiger partial charge in [-0.25, -0.2) is 0 Å². The van der Waals surface area contributed by atoms with Gasteiger partial charge in [0.1, 0.15) is 6.04 Å². The lowest BCUT2D eigenvalue weighted by Gasteiger charge is -2.14. The van der Waals surface area contributed by atoms with Crippen molar-refractivity contribution in [2.45, 2.75) is 12.5 Å². The van der Waals surface area contributed by atoms with Gasteiger partial charge in [-0.2, -0.15) is 4.80 Å². The van der Waals surface area contributed by atoms with E-state index in [1.54, 1.807) is 55.6 Å². The number of aromatic nitrogens is 4. The Hall–Kier alpha value is -4.08. The monoisotopic (exact) mass is 391 g/mol. The Kier molecular flexibility index (Phi) is 4.73. The van der Waals surface area contributed by atoms with Crippen LogP contribution in [0.15, 0.2) is 48.5 Å². The number of carbonyl (C=O) groups excluding carboxylic acids is 3. The summed E-state index contributed by atoms with van der Waals surface area (Å²) in [5, 5.41) is 19.9. The van der Waals surface area contributed by atoms with Crippen molar-refractivity contribution >= 4 is 29.1 Å². The zero-order chi connectivity index (χ0) is 20.4. The number of hydrogen-bond acceptors (Lipinski definition) is 6. The molecule has 3 amide bonds. The molecule has 0 bridgehead atoms. The lowest BCUT2D eigenvalue weighted by Crippen LogP contribution is -2.43.